The van der Waals surface area contributed by atoms with E-state index in [2.05, 4.69) is 22.0 Å². The Bertz CT molecular complexity index is 1080. The summed E-state index contributed by atoms with van der Waals surface area (Å²) in [4.78, 5) is 6.88. The molecule has 3 aromatic carbocycles. The molecule has 0 aromatic heterocycles. The monoisotopic (exact) mass is 468 g/mol. The normalized spacial score (nSPS) is 14.0. The summed E-state index contributed by atoms with van der Waals surface area (Å²) in [5.41, 5.74) is 3.65. The van der Waals surface area contributed by atoms with Crippen molar-refractivity contribution in [2.24, 2.45) is 4.99 Å². The van der Waals surface area contributed by atoms with E-state index >= 15 is 0 Å². The molecule has 0 radical (unpaired) electrons. The van der Waals surface area contributed by atoms with Gasteiger partial charge in [-0.2, -0.15) is 0 Å². The molecule has 5 nitrogen and oxygen atoms in total. The summed E-state index contributed by atoms with van der Waals surface area (Å²) in [5, 5.41) is 0.423. The molecule has 172 valence electrons. The van der Waals surface area contributed by atoms with E-state index in [0.29, 0.717) is 23.1 Å². The van der Waals surface area contributed by atoms with Gasteiger partial charge in [0.05, 0.1) is 30.5 Å². The van der Waals surface area contributed by atoms with Gasteiger partial charge < -0.3 is 19.1 Å². The number of morpholine rings is 1. The standard InChI is InChI=1S/C26H26ClFN2O3/c1-2-32-25-16-20(15-24(27)26(25)33-18-19-3-5-21(28)6-4-19)17-29-22-7-9-23(10-8-22)30-11-13-31-14-12-30/h3-10,15-17H,2,11-14,18H2,1H3. The predicted octanol–water partition coefficient (Wildman–Crippen LogP) is 6.04. The second kappa shape index (κ2) is 11.2. The number of benzene rings is 3. The summed E-state index contributed by atoms with van der Waals surface area (Å²) < 4.78 is 30.2. The maximum Gasteiger partial charge on any atom is 0.180 e. The lowest BCUT2D eigenvalue weighted by molar-refractivity contribution is 0.122. The Hall–Kier alpha value is -3.09. The molecule has 7 heteroatoms. The van der Waals surface area contributed by atoms with Crippen molar-refractivity contribution in [2.75, 3.05) is 37.8 Å². The highest BCUT2D eigenvalue weighted by Crippen LogP contribution is 2.37. The molecular formula is C26H26ClFN2O3. The van der Waals surface area contributed by atoms with Gasteiger partial charge in [0.1, 0.15) is 12.4 Å². The highest BCUT2D eigenvalue weighted by Gasteiger charge is 2.13. The molecule has 0 amide bonds. The van der Waals surface area contributed by atoms with Crippen LogP contribution in [0, 0.1) is 5.82 Å². The zero-order chi connectivity index (χ0) is 23.0. The minimum Gasteiger partial charge on any atom is -0.490 e. The summed E-state index contributed by atoms with van der Waals surface area (Å²) in [6.45, 7) is 5.93. The third-order valence-corrected chi connectivity index (χ3v) is 5.50. The Kier molecular flexibility index (Phi) is 7.81. The Labute approximate surface area is 198 Å². The van der Waals surface area contributed by atoms with Gasteiger partial charge >= 0.3 is 0 Å². The van der Waals surface area contributed by atoms with Crippen LogP contribution in [0.25, 0.3) is 0 Å². The number of ether oxygens (including phenoxy) is 3. The van der Waals surface area contributed by atoms with Gasteiger partial charge in [0.2, 0.25) is 0 Å². The number of nitrogens with zero attached hydrogens (tertiary/aromatic N) is 2. The van der Waals surface area contributed by atoms with Gasteiger partial charge in [-0.15, -0.1) is 0 Å². The summed E-state index contributed by atoms with van der Waals surface area (Å²) in [6.07, 6.45) is 1.75. The van der Waals surface area contributed by atoms with Crippen LogP contribution in [0.5, 0.6) is 11.5 Å². The summed E-state index contributed by atoms with van der Waals surface area (Å²) >= 11 is 6.51. The lowest BCUT2D eigenvalue weighted by Crippen LogP contribution is -2.36. The van der Waals surface area contributed by atoms with Crippen LogP contribution >= 0.6 is 11.6 Å². The van der Waals surface area contributed by atoms with E-state index in [9.17, 15) is 4.39 Å². The van der Waals surface area contributed by atoms with Crippen LogP contribution in [0.4, 0.5) is 15.8 Å². The van der Waals surface area contributed by atoms with Crippen molar-refractivity contribution in [1.29, 1.82) is 0 Å². The van der Waals surface area contributed by atoms with Crippen LogP contribution in [-0.4, -0.2) is 39.1 Å². The van der Waals surface area contributed by atoms with E-state index in [0.717, 1.165) is 43.1 Å². The lowest BCUT2D eigenvalue weighted by Gasteiger charge is -2.28. The average Bonchev–Trinajstić information content (AvgIpc) is 2.84. The van der Waals surface area contributed by atoms with Crippen molar-refractivity contribution in [2.45, 2.75) is 13.5 Å². The quantitative estimate of drug-likeness (QED) is 0.378. The third kappa shape index (κ3) is 6.24. The average molecular weight is 469 g/mol. The minimum atomic E-state index is -0.286. The Morgan fingerprint density at radius 1 is 1.03 bits per heavy atom. The molecule has 0 atom stereocenters. The Morgan fingerprint density at radius 3 is 2.45 bits per heavy atom. The number of halogens is 2. The largest absolute Gasteiger partial charge is 0.490 e. The van der Waals surface area contributed by atoms with Crippen LogP contribution in [-0.2, 0) is 11.3 Å². The number of anilines is 1. The Balaban J connectivity index is 1.47. The van der Waals surface area contributed by atoms with Crippen LogP contribution in [0.2, 0.25) is 5.02 Å². The molecule has 0 saturated carbocycles. The molecule has 1 saturated heterocycles. The molecule has 1 fully saturated rings. The number of rotatable bonds is 8. The van der Waals surface area contributed by atoms with Crippen molar-refractivity contribution < 1.29 is 18.6 Å². The fraction of sp³-hybridized carbons (Fsp3) is 0.269. The van der Waals surface area contributed by atoms with Crippen molar-refractivity contribution in [3.05, 3.63) is 82.6 Å². The molecule has 4 rings (SSSR count). The first-order valence-electron chi connectivity index (χ1n) is 10.9. The van der Waals surface area contributed by atoms with Gasteiger partial charge in [-0.1, -0.05) is 23.7 Å². The fourth-order valence-electron chi connectivity index (χ4n) is 3.52. The topological polar surface area (TPSA) is 43.3 Å². The smallest absolute Gasteiger partial charge is 0.180 e. The first kappa shape index (κ1) is 23.1. The highest BCUT2D eigenvalue weighted by atomic mass is 35.5. The molecule has 0 N–H and O–H groups in total. The van der Waals surface area contributed by atoms with Crippen LogP contribution < -0.4 is 14.4 Å². The zero-order valence-electron chi connectivity index (χ0n) is 18.5. The number of hydrogen-bond acceptors (Lipinski definition) is 5. The Morgan fingerprint density at radius 2 is 1.76 bits per heavy atom. The number of aliphatic imine (C=N–C) groups is 1. The van der Waals surface area contributed by atoms with Crippen molar-refractivity contribution in [3.8, 4) is 11.5 Å². The van der Waals surface area contributed by atoms with E-state index in [4.69, 9.17) is 25.8 Å². The first-order valence-corrected chi connectivity index (χ1v) is 11.3. The van der Waals surface area contributed by atoms with Gasteiger partial charge in [0.25, 0.3) is 0 Å². The maximum atomic E-state index is 13.1. The van der Waals surface area contributed by atoms with E-state index in [1.165, 1.54) is 17.8 Å². The minimum absolute atomic E-state index is 0.253. The molecular weight excluding hydrogens is 443 g/mol. The molecule has 0 unspecified atom stereocenters. The summed E-state index contributed by atoms with van der Waals surface area (Å²) in [7, 11) is 0. The van der Waals surface area contributed by atoms with Gasteiger partial charge in [-0.3, -0.25) is 4.99 Å². The van der Waals surface area contributed by atoms with Crippen molar-refractivity contribution in [3.63, 3.8) is 0 Å². The van der Waals surface area contributed by atoms with Crippen LogP contribution in [0.15, 0.2) is 65.7 Å². The fourth-order valence-corrected chi connectivity index (χ4v) is 3.80. The SMILES string of the molecule is CCOc1cc(C=Nc2ccc(N3CCOCC3)cc2)cc(Cl)c1OCc1ccc(F)cc1. The zero-order valence-corrected chi connectivity index (χ0v) is 19.2. The second-order valence-electron chi connectivity index (χ2n) is 7.55. The van der Waals surface area contributed by atoms with Crippen LogP contribution in [0.3, 0.4) is 0 Å². The molecule has 1 aliphatic heterocycles. The van der Waals surface area contributed by atoms with Crippen LogP contribution in [0.1, 0.15) is 18.1 Å². The number of hydrogen-bond donors (Lipinski definition) is 0. The van der Waals surface area contributed by atoms with E-state index in [-0.39, 0.29) is 12.4 Å². The highest BCUT2D eigenvalue weighted by molar-refractivity contribution is 6.32. The summed E-state index contributed by atoms with van der Waals surface area (Å²) in [6, 6.07) is 17.9. The van der Waals surface area contributed by atoms with E-state index in [1.807, 2.05) is 25.1 Å². The summed E-state index contributed by atoms with van der Waals surface area (Å²) in [5.74, 6) is 0.706. The van der Waals surface area contributed by atoms with E-state index in [1.54, 1.807) is 24.4 Å². The maximum absolute atomic E-state index is 13.1. The van der Waals surface area contributed by atoms with Gasteiger partial charge in [0.15, 0.2) is 11.5 Å². The van der Waals surface area contributed by atoms with Crippen molar-refractivity contribution >= 4 is 29.2 Å². The predicted molar refractivity (Wildman–Crippen MR) is 130 cm³/mol. The molecule has 1 aliphatic rings. The molecule has 1 heterocycles. The molecule has 33 heavy (non-hydrogen) atoms. The molecule has 0 spiro atoms. The van der Waals surface area contributed by atoms with E-state index < -0.39 is 0 Å². The van der Waals surface area contributed by atoms with Gasteiger partial charge in [-0.05, 0) is 66.6 Å². The third-order valence-electron chi connectivity index (χ3n) is 5.22. The second-order valence-corrected chi connectivity index (χ2v) is 7.96. The lowest BCUT2D eigenvalue weighted by atomic mass is 10.2. The van der Waals surface area contributed by atoms with Gasteiger partial charge in [0, 0.05) is 25.0 Å². The van der Waals surface area contributed by atoms with Gasteiger partial charge in [-0.25, -0.2) is 4.39 Å². The van der Waals surface area contributed by atoms with Crippen molar-refractivity contribution in [1.82, 2.24) is 0 Å². The molecule has 0 bridgehead atoms. The molecule has 3 aromatic rings. The first-order chi connectivity index (χ1) is 16.1. The molecule has 0 aliphatic carbocycles.